The van der Waals surface area contributed by atoms with E-state index in [0.29, 0.717) is 29.9 Å². The van der Waals surface area contributed by atoms with Crippen LogP contribution in [0.15, 0.2) is 36.7 Å². The molecule has 7 rings (SSSR count). The molecule has 2 saturated heterocycles. The van der Waals surface area contributed by atoms with Crippen LogP contribution in [0.25, 0.3) is 22.4 Å². The van der Waals surface area contributed by atoms with Crippen molar-refractivity contribution in [2.75, 3.05) is 23.5 Å². The molecule has 3 atom stereocenters. The van der Waals surface area contributed by atoms with E-state index in [9.17, 15) is 13.2 Å². The first-order valence-corrected chi connectivity index (χ1v) is 15.2. The normalized spacial score (nSPS) is 22.1. The number of ether oxygens (including phenoxy) is 1. The number of nitrogens with one attached hydrogen (secondary N) is 1. The third-order valence-electron chi connectivity index (χ3n) is 9.66. The zero-order valence-corrected chi connectivity index (χ0v) is 25.0. The lowest BCUT2D eigenvalue weighted by molar-refractivity contribution is -0.137. The summed E-state index contributed by atoms with van der Waals surface area (Å²) in [6.45, 7) is 7.87. The number of hydrogen-bond acceptors (Lipinski definition) is 6. The average Bonchev–Trinajstić information content (AvgIpc) is 3.56. The van der Waals surface area contributed by atoms with Crippen molar-refractivity contribution >= 4 is 22.5 Å². The van der Waals surface area contributed by atoms with E-state index in [-0.39, 0.29) is 29.6 Å². The Morgan fingerprint density at radius 1 is 1.07 bits per heavy atom. The second kappa shape index (κ2) is 10.5. The minimum Gasteiger partial charge on any atom is -0.381 e. The van der Waals surface area contributed by atoms with Crippen molar-refractivity contribution in [3.63, 3.8) is 0 Å². The summed E-state index contributed by atoms with van der Waals surface area (Å²) in [5.41, 5.74) is 5.09. The summed E-state index contributed by atoms with van der Waals surface area (Å²) < 4.78 is 49.0. The van der Waals surface area contributed by atoms with Crippen LogP contribution in [0.3, 0.4) is 0 Å². The van der Waals surface area contributed by atoms with Crippen LogP contribution in [0.1, 0.15) is 73.4 Å². The summed E-state index contributed by atoms with van der Waals surface area (Å²) in [7, 11) is 1.76. The van der Waals surface area contributed by atoms with Gasteiger partial charge in [0.15, 0.2) is 5.82 Å². The van der Waals surface area contributed by atoms with Gasteiger partial charge in [-0.2, -0.15) is 13.2 Å². The number of pyridine rings is 1. The van der Waals surface area contributed by atoms with Crippen LogP contribution in [-0.4, -0.2) is 51.8 Å². The van der Waals surface area contributed by atoms with E-state index in [2.05, 4.69) is 58.7 Å². The highest BCUT2D eigenvalue weighted by molar-refractivity contribution is 5.93. The van der Waals surface area contributed by atoms with Gasteiger partial charge in [0.25, 0.3) is 0 Å². The lowest BCUT2D eigenvalue weighted by Gasteiger charge is -2.42. The van der Waals surface area contributed by atoms with Gasteiger partial charge in [0.2, 0.25) is 0 Å². The van der Waals surface area contributed by atoms with Crippen LogP contribution >= 0.6 is 0 Å². The monoisotopic (exact) mass is 590 g/mol. The Hall–Kier alpha value is -3.66. The van der Waals surface area contributed by atoms with Gasteiger partial charge in [0.1, 0.15) is 11.5 Å². The van der Waals surface area contributed by atoms with Crippen molar-refractivity contribution in [3.8, 4) is 11.4 Å². The number of nitrogens with zero attached hydrogens (tertiary/aromatic N) is 5. The summed E-state index contributed by atoms with van der Waals surface area (Å²) in [5.74, 6) is 1.30. The number of anilines is 2. The van der Waals surface area contributed by atoms with Crippen molar-refractivity contribution in [2.24, 2.45) is 0 Å². The van der Waals surface area contributed by atoms with Gasteiger partial charge in [-0.25, -0.2) is 15.0 Å². The van der Waals surface area contributed by atoms with Crippen molar-refractivity contribution in [3.05, 3.63) is 64.6 Å². The quantitative estimate of drug-likeness (QED) is 0.266. The first-order valence-electron chi connectivity index (χ1n) is 15.2. The minimum atomic E-state index is -4.60. The molecule has 2 fully saturated rings. The lowest BCUT2D eigenvalue weighted by Crippen LogP contribution is -2.47. The maximum absolute atomic E-state index is 14.4. The molecule has 4 aromatic rings. The molecule has 0 unspecified atom stereocenters. The molecule has 10 heteroatoms. The van der Waals surface area contributed by atoms with Crippen LogP contribution < -0.4 is 9.80 Å². The highest BCUT2D eigenvalue weighted by Gasteiger charge is 2.44. The number of piperidine rings is 1. The maximum Gasteiger partial charge on any atom is 0.418 e. The number of aromatic amines is 1. The van der Waals surface area contributed by atoms with Crippen LogP contribution in [0.2, 0.25) is 0 Å². The van der Waals surface area contributed by atoms with Crippen molar-refractivity contribution in [1.29, 1.82) is 0 Å². The van der Waals surface area contributed by atoms with Gasteiger partial charge in [-0.15, -0.1) is 0 Å². The van der Waals surface area contributed by atoms with E-state index in [1.165, 1.54) is 16.8 Å². The molecule has 0 radical (unpaired) electrons. The zero-order valence-electron chi connectivity index (χ0n) is 25.0. The predicted molar refractivity (Wildman–Crippen MR) is 161 cm³/mol. The lowest BCUT2D eigenvalue weighted by atomic mass is 9.96. The van der Waals surface area contributed by atoms with Crippen LogP contribution in [0.5, 0.6) is 0 Å². The van der Waals surface area contributed by atoms with Gasteiger partial charge in [-0.3, -0.25) is 0 Å². The smallest absolute Gasteiger partial charge is 0.381 e. The molecule has 3 aliphatic rings. The molecule has 6 heterocycles. The molecule has 7 nitrogen and oxygen atoms in total. The third-order valence-corrected chi connectivity index (χ3v) is 9.66. The molecule has 0 spiro atoms. The van der Waals surface area contributed by atoms with E-state index in [1.807, 2.05) is 0 Å². The van der Waals surface area contributed by atoms with Gasteiger partial charge >= 0.3 is 6.18 Å². The number of fused-ring (bicyclic) bond motifs is 4. The predicted octanol–water partition coefficient (Wildman–Crippen LogP) is 7.18. The number of aryl methyl sites for hydroxylation is 1. The van der Waals surface area contributed by atoms with E-state index >= 15 is 0 Å². The summed E-state index contributed by atoms with van der Waals surface area (Å²) in [6, 6.07) is 8.74. The molecule has 3 aromatic heterocycles. The number of methoxy groups -OCH3 is 1. The Kier molecular flexibility index (Phi) is 6.87. The fraction of sp³-hybridized carbons (Fsp3) is 0.485. The number of alkyl halides is 3. The van der Waals surface area contributed by atoms with Crippen molar-refractivity contribution < 1.29 is 17.9 Å². The first kappa shape index (κ1) is 28.1. The second-order valence-corrected chi connectivity index (χ2v) is 12.6. The summed E-state index contributed by atoms with van der Waals surface area (Å²) in [6.07, 6.45) is 2.51. The Balaban J connectivity index is 1.40. The number of aromatic nitrogens is 4. The number of halogens is 3. The van der Waals surface area contributed by atoms with Gasteiger partial charge in [-0.1, -0.05) is 26.0 Å². The van der Waals surface area contributed by atoms with Crippen LogP contribution in [-0.2, 0) is 23.9 Å². The fourth-order valence-electron chi connectivity index (χ4n) is 7.38. The fourth-order valence-corrected chi connectivity index (χ4v) is 7.38. The zero-order chi connectivity index (χ0) is 30.0. The summed E-state index contributed by atoms with van der Waals surface area (Å²) in [5, 5.41) is 0.375. The molecule has 226 valence electrons. The molecule has 3 aliphatic heterocycles. The first-order chi connectivity index (χ1) is 20.6. The van der Waals surface area contributed by atoms with Crippen molar-refractivity contribution in [2.45, 2.75) is 89.7 Å². The van der Waals surface area contributed by atoms with E-state index < -0.39 is 11.7 Å². The number of H-pyrrole nitrogens is 1. The topological polar surface area (TPSA) is 70.2 Å². The van der Waals surface area contributed by atoms with Crippen LogP contribution in [0, 0.1) is 6.92 Å². The Morgan fingerprint density at radius 3 is 2.53 bits per heavy atom. The van der Waals surface area contributed by atoms with Gasteiger partial charge < -0.3 is 19.5 Å². The second-order valence-electron chi connectivity index (χ2n) is 12.6. The highest BCUT2D eigenvalue weighted by Crippen LogP contribution is 2.45. The summed E-state index contributed by atoms with van der Waals surface area (Å²) in [4.78, 5) is 21.8. The number of rotatable bonds is 5. The van der Waals surface area contributed by atoms with Crippen LogP contribution in [0.4, 0.5) is 24.7 Å². The highest BCUT2D eigenvalue weighted by atomic mass is 19.4. The minimum absolute atomic E-state index is 0.00941. The third kappa shape index (κ3) is 4.83. The van der Waals surface area contributed by atoms with Crippen molar-refractivity contribution in [1.82, 2.24) is 19.9 Å². The van der Waals surface area contributed by atoms with E-state index in [4.69, 9.17) is 14.7 Å². The van der Waals surface area contributed by atoms with Gasteiger partial charge in [0.05, 0.1) is 17.4 Å². The molecule has 1 aromatic carbocycles. The SMILES string of the molecule is CO[C@H]1C[C@H]2CC[C@@H](C1)N2c1nc(-c2c(C(F)(F)F)cnc3[nH]ccc23)nc2c1CN(c1cc(C(C)C)ccc1C)CC2. The van der Waals surface area contributed by atoms with Gasteiger partial charge in [0, 0.05) is 73.3 Å². The number of benzene rings is 1. The molecule has 1 N–H and O–H groups in total. The maximum atomic E-state index is 14.4. The molecule has 0 saturated carbocycles. The Bertz CT molecular complexity index is 1670. The molecular formula is C33H37F3N6O. The molecule has 2 bridgehead atoms. The largest absolute Gasteiger partial charge is 0.418 e. The standard InChI is InChI=1S/C33H37F3N6O/c1-18(2)20-6-5-19(3)28(13-20)41-12-10-27-25(17-41)32(42-21-7-8-22(42)15-23(14-21)43-4)40-31(39-27)29-24-9-11-37-30(24)38-16-26(29)33(34,35)36/h5-6,9,11,13,16,18,21-23H,7-8,10,12,14-15,17H2,1-4H3,(H,37,38)/t21-,22+,23+. The summed E-state index contributed by atoms with van der Waals surface area (Å²) >= 11 is 0. The van der Waals surface area contributed by atoms with E-state index in [0.717, 1.165) is 55.5 Å². The Labute approximate surface area is 249 Å². The molecule has 0 aliphatic carbocycles. The average molecular weight is 591 g/mol. The Morgan fingerprint density at radius 2 is 1.84 bits per heavy atom. The van der Waals surface area contributed by atoms with E-state index in [1.54, 1.807) is 19.4 Å². The molecular weight excluding hydrogens is 553 g/mol. The van der Waals surface area contributed by atoms with Gasteiger partial charge in [-0.05, 0) is 61.8 Å². The molecule has 0 amide bonds. The molecule has 43 heavy (non-hydrogen) atoms. The number of hydrogen-bond donors (Lipinski definition) is 1.